The number of aliphatic carboxylic acids is 1. The number of benzene rings is 2. The third kappa shape index (κ3) is 9.94. The molecule has 2 atom stereocenters. The van der Waals surface area contributed by atoms with Crippen molar-refractivity contribution in [2.75, 3.05) is 7.05 Å². The van der Waals surface area contributed by atoms with Gasteiger partial charge in [0.05, 0.1) is 11.9 Å². The Bertz CT molecular complexity index is 1190. The average molecular weight is 585 g/mol. The number of hydrogen-bond donors (Lipinski definition) is 0. The highest BCUT2D eigenvalue weighted by molar-refractivity contribution is 5.90. The van der Waals surface area contributed by atoms with Crippen molar-refractivity contribution in [3.8, 4) is 5.75 Å². The van der Waals surface area contributed by atoms with Gasteiger partial charge in [0.25, 0.3) is 0 Å². The fraction of sp³-hybridized carbons (Fsp3) is 0.483. The summed E-state index contributed by atoms with van der Waals surface area (Å²) in [6.07, 6.45) is -7.49. The second-order valence-electron chi connectivity index (χ2n) is 11.2. The maximum absolute atomic E-state index is 15.3. The van der Waals surface area contributed by atoms with Gasteiger partial charge in [0.2, 0.25) is 0 Å². The van der Waals surface area contributed by atoms with Crippen molar-refractivity contribution in [2.45, 2.75) is 77.2 Å². The van der Waals surface area contributed by atoms with Crippen LogP contribution < -0.4 is 9.84 Å². The Morgan fingerprint density at radius 3 is 1.90 bits per heavy atom. The lowest BCUT2D eigenvalue weighted by Crippen LogP contribution is -2.68. The molecular weight excluding hydrogens is 550 g/mol. The number of ether oxygens (including phenoxy) is 3. The number of nitrogens with zero attached hydrogens (tertiary/aromatic N) is 1. The molecule has 0 aromatic heterocycles. The fourth-order valence-electron chi connectivity index (χ4n) is 4.30. The lowest BCUT2D eigenvalue weighted by Gasteiger charge is -2.48. The normalized spacial score (nSPS) is 14.4. The second kappa shape index (κ2) is 12.8. The number of carboxylic acids is 1. The molecule has 0 unspecified atom stereocenters. The molecule has 0 aliphatic carbocycles. The molecule has 0 heterocycles. The summed E-state index contributed by atoms with van der Waals surface area (Å²) in [5.74, 6) is -5.38. The minimum Gasteiger partial charge on any atom is -0.548 e. The first kappa shape index (κ1) is 33.4. The van der Waals surface area contributed by atoms with Crippen LogP contribution in [0.15, 0.2) is 54.6 Å². The zero-order chi connectivity index (χ0) is 31.2. The van der Waals surface area contributed by atoms with Gasteiger partial charge in [-0.05, 0) is 64.3 Å². The Morgan fingerprint density at radius 1 is 0.878 bits per heavy atom. The van der Waals surface area contributed by atoms with Crippen molar-refractivity contribution < 1.29 is 51.3 Å². The predicted octanol–water partition coefficient (Wildman–Crippen LogP) is 4.98. The second-order valence-corrected chi connectivity index (χ2v) is 11.2. The summed E-state index contributed by atoms with van der Waals surface area (Å²) in [6, 6.07) is 12.8. The molecule has 8 nitrogen and oxygen atoms in total. The van der Waals surface area contributed by atoms with Gasteiger partial charge in [-0.3, -0.25) is 9.69 Å². The molecule has 0 spiro atoms. The van der Waals surface area contributed by atoms with Crippen LogP contribution in [0.3, 0.4) is 0 Å². The molecule has 0 N–H and O–H groups in total. The van der Waals surface area contributed by atoms with Crippen LogP contribution in [0.25, 0.3) is 0 Å². The molecule has 2 aromatic rings. The minimum absolute atomic E-state index is 0.182. The predicted molar refractivity (Wildman–Crippen MR) is 138 cm³/mol. The summed E-state index contributed by atoms with van der Waals surface area (Å²) in [6.45, 7) is 6.48. The van der Waals surface area contributed by atoms with Crippen LogP contribution in [-0.2, 0) is 32.1 Å². The van der Waals surface area contributed by atoms with Crippen LogP contribution in [0.4, 0.5) is 22.4 Å². The smallest absolute Gasteiger partial charge is 0.548 e. The van der Waals surface area contributed by atoms with Crippen LogP contribution in [0.2, 0.25) is 0 Å². The van der Waals surface area contributed by atoms with E-state index in [2.05, 4.69) is 4.74 Å². The van der Waals surface area contributed by atoms with Crippen molar-refractivity contribution in [3.63, 3.8) is 0 Å². The van der Waals surface area contributed by atoms with E-state index in [4.69, 9.17) is 9.47 Å². The van der Waals surface area contributed by atoms with Gasteiger partial charge in [-0.2, -0.15) is 0 Å². The SMILES string of the molecule is CN(C(=O)OC(C)(C)C)[C@](CC(C)(C)F)(C(=O)[O-])[C@@H](Cc1ccc(OC(F)(F)F)cc1)C(=O)OCc1ccccc1. The fourth-order valence-corrected chi connectivity index (χ4v) is 4.30. The van der Waals surface area contributed by atoms with E-state index in [-0.39, 0.29) is 12.2 Å². The molecule has 0 radical (unpaired) electrons. The third-order valence-corrected chi connectivity index (χ3v) is 5.99. The Morgan fingerprint density at radius 2 is 1.44 bits per heavy atom. The van der Waals surface area contributed by atoms with E-state index in [0.717, 1.165) is 33.0 Å². The molecule has 2 rings (SSSR count). The first-order chi connectivity index (χ1) is 18.7. The van der Waals surface area contributed by atoms with Crippen molar-refractivity contribution in [3.05, 3.63) is 65.7 Å². The molecule has 41 heavy (non-hydrogen) atoms. The summed E-state index contributed by atoms with van der Waals surface area (Å²) >= 11 is 0. The lowest BCUT2D eigenvalue weighted by atomic mass is 9.73. The minimum atomic E-state index is -4.95. The van der Waals surface area contributed by atoms with Gasteiger partial charge in [-0.1, -0.05) is 42.5 Å². The first-order valence-corrected chi connectivity index (χ1v) is 12.7. The molecule has 12 heteroatoms. The summed E-state index contributed by atoms with van der Waals surface area (Å²) in [5.41, 5.74) is -5.22. The molecule has 0 saturated heterocycles. The molecule has 0 aliphatic heterocycles. The molecule has 0 fully saturated rings. The zero-order valence-corrected chi connectivity index (χ0v) is 23.7. The number of carbonyl (C=O) groups is 3. The van der Waals surface area contributed by atoms with E-state index in [1.54, 1.807) is 30.3 Å². The Labute approximate surface area is 236 Å². The van der Waals surface area contributed by atoms with Crippen molar-refractivity contribution in [1.29, 1.82) is 0 Å². The highest BCUT2D eigenvalue weighted by Crippen LogP contribution is 2.38. The number of amides is 1. The zero-order valence-electron chi connectivity index (χ0n) is 23.7. The molecule has 0 aliphatic rings. The van der Waals surface area contributed by atoms with Gasteiger partial charge in [-0.25, -0.2) is 9.18 Å². The van der Waals surface area contributed by atoms with E-state index in [0.29, 0.717) is 10.5 Å². The van der Waals surface area contributed by atoms with Crippen molar-refractivity contribution >= 4 is 18.0 Å². The van der Waals surface area contributed by atoms with Gasteiger partial charge < -0.3 is 24.1 Å². The summed E-state index contributed by atoms with van der Waals surface area (Å²) < 4.78 is 67.8. The Kier molecular flexibility index (Phi) is 10.4. The maximum Gasteiger partial charge on any atom is 0.573 e. The van der Waals surface area contributed by atoms with Crippen LogP contribution in [0.1, 0.15) is 52.2 Å². The highest BCUT2D eigenvalue weighted by atomic mass is 19.4. The standard InChI is InChI=1S/C29H35F4NO7/c1-26(2,3)41-25(38)34(6)28(24(36)37,18-27(4,5)30)22(23(35)39-17-20-10-8-7-9-11-20)16-19-12-14-21(15-13-19)40-29(31,32)33/h7-15,22H,16-18H2,1-6H3,(H,36,37)/p-1/t22-,28-/m0/s1. The summed E-state index contributed by atoms with van der Waals surface area (Å²) in [7, 11) is 1.05. The summed E-state index contributed by atoms with van der Waals surface area (Å²) in [5, 5.41) is 13.0. The first-order valence-electron chi connectivity index (χ1n) is 12.7. The third-order valence-electron chi connectivity index (χ3n) is 5.99. The van der Waals surface area contributed by atoms with Crippen LogP contribution in [0.5, 0.6) is 5.75 Å². The van der Waals surface area contributed by atoms with Gasteiger partial charge in [0.1, 0.15) is 29.2 Å². The van der Waals surface area contributed by atoms with Crippen LogP contribution >= 0.6 is 0 Å². The number of carboxylic acid groups (broad SMARTS) is 1. The van der Waals surface area contributed by atoms with E-state index in [1.165, 1.54) is 32.9 Å². The number of esters is 1. The number of carbonyl (C=O) groups excluding carboxylic acids is 3. The van der Waals surface area contributed by atoms with Gasteiger partial charge >= 0.3 is 18.4 Å². The summed E-state index contributed by atoms with van der Waals surface area (Å²) in [4.78, 5) is 40.4. The van der Waals surface area contributed by atoms with Gasteiger partial charge in [0.15, 0.2) is 0 Å². The number of likely N-dealkylation sites (N-methyl/N-ethyl adjacent to an activating group) is 1. The molecule has 0 bridgehead atoms. The highest BCUT2D eigenvalue weighted by Gasteiger charge is 2.54. The largest absolute Gasteiger partial charge is 0.573 e. The van der Waals surface area contributed by atoms with E-state index in [9.17, 15) is 32.7 Å². The average Bonchev–Trinajstić information content (AvgIpc) is 2.83. The Hall–Kier alpha value is -3.83. The molecule has 226 valence electrons. The number of alkyl halides is 4. The van der Waals surface area contributed by atoms with Gasteiger partial charge in [-0.15, -0.1) is 13.2 Å². The lowest BCUT2D eigenvalue weighted by molar-refractivity contribution is -0.322. The van der Waals surface area contributed by atoms with Crippen LogP contribution in [0, 0.1) is 5.92 Å². The van der Waals surface area contributed by atoms with E-state index in [1.807, 2.05) is 0 Å². The Balaban J connectivity index is 2.63. The van der Waals surface area contributed by atoms with Crippen molar-refractivity contribution in [2.24, 2.45) is 5.92 Å². The van der Waals surface area contributed by atoms with E-state index < -0.39 is 65.7 Å². The van der Waals surface area contributed by atoms with Crippen molar-refractivity contribution in [1.82, 2.24) is 4.90 Å². The topological polar surface area (TPSA) is 105 Å². The molecular formula is C29H34F4NO7-. The molecule has 0 saturated carbocycles. The van der Waals surface area contributed by atoms with E-state index >= 15 is 4.39 Å². The maximum atomic E-state index is 15.3. The molecule has 1 amide bonds. The monoisotopic (exact) mass is 584 g/mol. The number of hydrogen-bond acceptors (Lipinski definition) is 7. The number of rotatable bonds is 11. The van der Waals surface area contributed by atoms with Crippen LogP contribution in [-0.4, -0.2) is 53.2 Å². The van der Waals surface area contributed by atoms with Gasteiger partial charge in [0, 0.05) is 13.5 Å². The molecule has 2 aromatic carbocycles. The quantitative estimate of drug-likeness (QED) is 0.271. The number of halogens is 4.